The predicted molar refractivity (Wildman–Crippen MR) is 102 cm³/mol. The average molecular weight is 346 g/mol. The number of nitrogens with zero attached hydrogens (tertiary/aromatic N) is 6. The quantitative estimate of drug-likeness (QED) is 0.556. The van der Waals surface area contributed by atoms with Crippen LogP contribution >= 0.6 is 0 Å². The van der Waals surface area contributed by atoms with Crippen molar-refractivity contribution in [3.05, 3.63) is 72.6 Å². The van der Waals surface area contributed by atoms with Crippen LogP contribution in [-0.2, 0) is 13.6 Å². The van der Waals surface area contributed by atoms with Crippen molar-refractivity contribution in [3.8, 4) is 5.69 Å². The van der Waals surface area contributed by atoms with E-state index in [1.807, 2.05) is 36.1 Å². The molecule has 0 amide bonds. The van der Waals surface area contributed by atoms with Crippen molar-refractivity contribution in [2.75, 3.05) is 7.05 Å². The molecule has 0 saturated carbocycles. The minimum absolute atomic E-state index is 0.278. The molecule has 0 fully saturated rings. The number of fused-ring (bicyclic) bond motifs is 1. The Morgan fingerprint density at radius 2 is 1.81 bits per heavy atom. The molecule has 26 heavy (non-hydrogen) atoms. The highest BCUT2D eigenvalue weighted by molar-refractivity contribution is 5.77. The first-order valence-electron chi connectivity index (χ1n) is 8.69. The summed E-state index contributed by atoms with van der Waals surface area (Å²) >= 11 is 0. The van der Waals surface area contributed by atoms with Gasteiger partial charge in [0.1, 0.15) is 18.5 Å². The third-order valence-corrected chi connectivity index (χ3v) is 4.96. The van der Waals surface area contributed by atoms with Crippen LogP contribution in [0.4, 0.5) is 0 Å². The fourth-order valence-electron chi connectivity index (χ4n) is 3.14. The van der Waals surface area contributed by atoms with Crippen LogP contribution in [0.1, 0.15) is 24.4 Å². The number of para-hydroxylation sites is 2. The Labute approximate surface area is 152 Å². The highest BCUT2D eigenvalue weighted by atomic mass is 15.3. The Morgan fingerprint density at radius 1 is 1.04 bits per heavy atom. The van der Waals surface area contributed by atoms with Crippen LogP contribution in [0.15, 0.2) is 61.2 Å². The summed E-state index contributed by atoms with van der Waals surface area (Å²) in [6.07, 6.45) is 3.61. The lowest BCUT2D eigenvalue weighted by Gasteiger charge is -2.24. The molecule has 2 aromatic carbocycles. The Bertz CT molecular complexity index is 1010. The molecule has 0 aliphatic rings. The number of hydrogen-bond acceptors (Lipinski definition) is 4. The van der Waals surface area contributed by atoms with Gasteiger partial charge < -0.3 is 4.57 Å². The van der Waals surface area contributed by atoms with Crippen molar-refractivity contribution in [1.29, 1.82) is 0 Å². The average Bonchev–Trinajstić information content (AvgIpc) is 3.28. The molecule has 0 aliphatic heterocycles. The summed E-state index contributed by atoms with van der Waals surface area (Å²) < 4.78 is 4.07. The zero-order valence-electron chi connectivity index (χ0n) is 15.2. The van der Waals surface area contributed by atoms with Gasteiger partial charge in [0.05, 0.1) is 17.6 Å². The van der Waals surface area contributed by atoms with Gasteiger partial charge in [-0.15, -0.1) is 10.2 Å². The highest BCUT2D eigenvalue weighted by Crippen LogP contribution is 2.23. The van der Waals surface area contributed by atoms with Crippen LogP contribution in [-0.4, -0.2) is 36.3 Å². The number of benzene rings is 2. The first-order chi connectivity index (χ1) is 12.6. The van der Waals surface area contributed by atoms with Crippen LogP contribution in [0.5, 0.6) is 0 Å². The van der Waals surface area contributed by atoms with Gasteiger partial charge in [-0.05, 0) is 43.8 Å². The van der Waals surface area contributed by atoms with E-state index in [-0.39, 0.29) is 6.04 Å². The third kappa shape index (κ3) is 2.99. The molecular weight excluding hydrogens is 324 g/mol. The molecule has 4 aromatic rings. The minimum atomic E-state index is 0.278. The van der Waals surface area contributed by atoms with Crippen molar-refractivity contribution < 1.29 is 0 Å². The van der Waals surface area contributed by atoms with Crippen LogP contribution in [0.25, 0.3) is 16.7 Å². The summed E-state index contributed by atoms with van der Waals surface area (Å²) in [6, 6.07) is 17.1. The fourth-order valence-corrected chi connectivity index (χ4v) is 3.14. The topological polar surface area (TPSA) is 51.8 Å². The molecule has 0 unspecified atom stereocenters. The lowest BCUT2D eigenvalue weighted by molar-refractivity contribution is 0.244. The first-order valence-corrected chi connectivity index (χ1v) is 8.69. The van der Waals surface area contributed by atoms with Gasteiger partial charge in [0.15, 0.2) is 0 Å². The maximum atomic E-state index is 4.47. The number of imidazole rings is 1. The van der Waals surface area contributed by atoms with E-state index in [9.17, 15) is 0 Å². The molecular formula is C20H22N6. The summed E-state index contributed by atoms with van der Waals surface area (Å²) in [7, 11) is 4.08. The second-order valence-electron chi connectivity index (χ2n) is 6.64. The van der Waals surface area contributed by atoms with Gasteiger partial charge >= 0.3 is 0 Å². The summed E-state index contributed by atoms with van der Waals surface area (Å²) in [5, 5.41) is 8.12. The molecule has 1 atom stereocenters. The molecule has 132 valence electrons. The predicted octanol–water partition coefficient (Wildman–Crippen LogP) is 3.35. The van der Waals surface area contributed by atoms with Crippen LogP contribution in [0.2, 0.25) is 0 Å². The van der Waals surface area contributed by atoms with E-state index in [1.54, 1.807) is 6.33 Å². The lowest BCUT2D eigenvalue weighted by atomic mass is 10.1. The maximum Gasteiger partial charge on any atom is 0.146 e. The molecule has 0 saturated heterocycles. The van der Waals surface area contributed by atoms with Crippen LogP contribution < -0.4 is 0 Å². The Balaban J connectivity index is 1.54. The van der Waals surface area contributed by atoms with Gasteiger partial charge in [-0.25, -0.2) is 4.98 Å². The molecule has 0 bridgehead atoms. The van der Waals surface area contributed by atoms with E-state index < -0.39 is 0 Å². The van der Waals surface area contributed by atoms with E-state index in [4.69, 9.17) is 0 Å². The second-order valence-corrected chi connectivity index (χ2v) is 6.64. The minimum Gasteiger partial charge on any atom is -0.320 e. The van der Waals surface area contributed by atoms with E-state index >= 15 is 0 Å². The monoisotopic (exact) mass is 346 g/mol. The van der Waals surface area contributed by atoms with Gasteiger partial charge in [-0.1, -0.05) is 24.3 Å². The van der Waals surface area contributed by atoms with Crippen molar-refractivity contribution >= 4 is 11.0 Å². The molecule has 2 heterocycles. The van der Waals surface area contributed by atoms with Gasteiger partial charge in [-0.3, -0.25) is 9.47 Å². The first kappa shape index (κ1) is 16.5. The molecule has 0 radical (unpaired) electrons. The zero-order chi connectivity index (χ0) is 18.1. The van der Waals surface area contributed by atoms with Crippen LogP contribution in [0.3, 0.4) is 0 Å². The Hall–Kier alpha value is -2.99. The van der Waals surface area contributed by atoms with Crippen molar-refractivity contribution in [2.45, 2.75) is 19.5 Å². The molecule has 6 nitrogen and oxygen atoms in total. The standard InChI is InChI=1S/C20H22N6/c1-15(24(2)12-20-23-22-14-25(20)3)16-8-10-17(11-9-16)26-13-21-18-6-4-5-7-19(18)26/h4-11,13-15H,12H2,1-3H3/t15-/m1/s1. The van der Waals surface area contributed by atoms with Crippen molar-refractivity contribution in [1.82, 2.24) is 29.2 Å². The van der Waals surface area contributed by atoms with Gasteiger partial charge in [-0.2, -0.15) is 0 Å². The third-order valence-electron chi connectivity index (χ3n) is 4.96. The number of rotatable bonds is 5. The second kappa shape index (κ2) is 6.72. The Morgan fingerprint density at radius 3 is 2.54 bits per heavy atom. The molecule has 4 rings (SSSR count). The molecule has 0 spiro atoms. The summed E-state index contributed by atoms with van der Waals surface area (Å²) in [5.41, 5.74) is 4.51. The van der Waals surface area contributed by atoms with E-state index in [0.717, 1.165) is 29.1 Å². The fraction of sp³-hybridized carbons (Fsp3) is 0.250. The molecule has 6 heteroatoms. The SMILES string of the molecule is C[C@H](c1ccc(-n2cnc3ccccc32)cc1)N(C)Cc1nncn1C. The smallest absolute Gasteiger partial charge is 0.146 e. The van der Waals surface area contributed by atoms with Gasteiger partial charge in [0.25, 0.3) is 0 Å². The van der Waals surface area contributed by atoms with E-state index in [0.29, 0.717) is 0 Å². The van der Waals surface area contributed by atoms with Crippen molar-refractivity contribution in [3.63, 3.8) is 0 Å². The molecule has 0 aliphatic carbocycles. The van der Waals surface area contributed by atoms with Crippen molar-refractivity contribution in [2.24, 2.45) is 7.05 Å². The largest absolute Gasteiger partial charge is 0.320 e. The van der Waals surface area contributed by atoms with Gasteiger partial charge in [0, 0.05) is 18.8 Å². The zero-order valence-corrected chi connectivity index (χ0v) is 15.2. The molecule has 2 aromatic heterocycles. The number of aryl methyl sites for hydroxylation is 1. The number of aromatic nitrogens is 5. The summed E-state index contributed by atoms with van der Waals surface area (Å²) in [6.45, 7) is 2.96. The Kier molecular flexibility index (Phi) is 4.26. The van der Waals surface area contributed by atoms with E-state index in [1.165, 1.54) is 5.56 Å². The summed E-state index contributed by atoms with van der Waals surface area (Å²) in [5.74, 6) is 0.959. The highest BCUT2D eigenvalue weighted by Gasteiger charge is 2.14. The maximum absolute atomic E-state index is 4.47. The summed E-state index contributed by atoms with van der Waals surface area (Å²) in [4.78, 5) is 6.74. The normalized spacial score (nSPS) is 12.8. The molecule has 0 N–H and O–H groups in total. The number of hydrogen-bond donors (Lipinski definition) is 0. The lowest BCUT2D eigenvalue weighted by Crippen LogP contribution is -2.23. The van der Waals surface area contributed by atoms with Gasteiger partial charge in [0.2, 0.25) is 0 Å². The van der Waals surface area contributed by atoms with Crippen LogP contribution in [0, 0.1) is 0 Å². The van der Waals surface area contributed by atoms with E-state index in [2.05, 4.69) is 69.0 Å².